The van der Waals surface area contributed by atoms with Gasteiger partial charge in [-0.3, -0.25) is 4.79 Å². The summed E-state index contributed by atoms with van der Waals surface area (Å²) in [6, 6.07) is 2.34. The van der Waals surface area contributed by atoms with E-state index in [4.69, 9.17) is 5.11 Å². The van der Waals surface area contributed by atoms with Crippen molar-refractivity contribution in [3.63, 3.8) is 0 Å². The minimum absolute atomic E-state index is 0.263. The van der Waals surface area contributed by atoms with Crippen molar-refractivity contribution in [1.82, 2.24) is 4.57 Å². The molecule has 1 aromatic rings. The predicted octanol–water partition coefficient (Wildman–Crippen LogP) is 1.58. The Balaban J connectivity index is 3.15. The monoisotopic (exact) mass is 209 g/mol. The molecular formula is C11H15NO3. The van der Waals surface area contributed by atoms with E-state index in [1.165, 1.54) is 10.6 Å². The van der Waals surface area contributed by atoms with Crippen LogP contribution in [0.2, 0.25) is 0 Å². The highest BCUT2D eigenvalue weighted by Crippen LogP contribution is 2.12. The Bertz CT molecular complexity index is 409. The van der Waals surface area contributed by atoms with Crippen LogP contribution in [0.3, 0.4) is 0 Å². The molecule has 1 rings (SSSR count). The molecule has 0 aliphatic rings. The minimum Gasteiger partial charge on any atom is -0.480 e. The molecule has 0 radical (unpaired) electrons. The standard InChI is InChI=1S/C11H15NO3/c1-3-4-9(11(14)15)12-7-8(2)5-6-10(12)13/h5-7,9H,3-4H2,1-2H3,(H,14,15). The van der Waals surface area contributed by atoms with E-state index in [-0.39, 0.29) is 5.56 Å². The summed E-state index contributed by atoms with van der Waals surface area (Å²) in [7, 11) is 0. The Morgan fingerprint density at radius 2 is 2.20 bits per heavy atom. The van der Waals surface area contributed by atoms with E-state index < -0.39 is 12.0 Å². The van der Waals surface area contributed by atoms with Crippen molar-refractivity contribution >= 4 is 5.97 Å². The number of carboxylic acid groups (broad SMARTS) is 1. The molecule has 0 spiro atoms. The molecule has 4 nitrogen and oxygen atoms in total. The highest BCUT2D eigenvalue weighted by atomic mass is 16.4. The summed E-state index contributed by atoms with van der Waals surface area (Å²) in [5.74, 6) is -0.954. The van der Waals surface area contributed by atoms with Crippen LogP contribution < -0.4 is 5.56 Å². The number of rotatable bonds is 4. The molecule has 15 heavy (non-hydrogen) atoms. The van der Waals surface area contributed by atoms with Crippen molar-refractivity contribution in [3.8, 4) is 0 Å². The van der Waals surface area contributed by atoms with Crippen LogP contribution >= 0.6 is 0 Å². The van der Waals surface area contributed by atoms with Gasteiger partial charge in [0, 0.05) is 12.3 Å². The van der Waals surface area contributed by atoms with E-state index >= 15 is 0 Å². The van der Waals surface area contributed by atoms with Crippen molar-refractivity contribution in [2.24, 2.45) is 0 Å². The van der Waals surface area contributed by atoms with Gasteiger partial charge in [0.05, 0.1) is 0 Å². The molecule has 0 amide bonds. The molecule has 0 aromatic carbocycles. The molecule has 82 valence electrons. The second kappa shape index (κ2) is 4.77. The van der Waals surface area contributed by atoms with Crippen LogP contribution in [0.1, 0.15) is 31.4 Å². The van der Waals surface area contributed by atoms with Crippen molar-refractivity contribution in [1.29, 1.82) is 0 Å². The summed E-state index contributed by atoms with van der Waals surface area (Å²) < 4.78 is 1.29. The zero-order chi connectivity index (χ0) is 11.4. The van der Waals surface area contributed by atoms with Gasteiger partial charge in [-0.1, -0.05) is 19.4 Å². The van der Waals surface area contributed by atoms with Crippen LogP contribution in [0, 0.1) is 6.92 Å². The Morgan fingerprint density at radius 1 is 1.53 bits per heavy atom. The lowest BCUT2D eigenvalue weighted by atomic mass is 10.1. The molecule has 0 bridgehead atoms. The molecule has 1 aromatic heterocycles. The first-order valence-electron chi connectivity index (χ1n) is 4.98. The van der Waals surface area contributed by atoms with E-state index in [1.807, 2.05) is 13.8 Å². The lowest BCUT2D eigenvalue weighted by Crippen LogP contribution is -2.29. The highest BCUT2D eigenvalue weighted by Gasteiger charge is 2.18. The van der Waals surface area contributed by atoms with Crippen LogP contribution in [0.4, 0.5) is 0 Å². The van der Waals surface area contributed by atoms with Crippen LogP contribution in [-0.2, 0) is 4.79 Å². The lowest BCUT2D eigenvalue weighted by molar-refractivity contribution is -0.141. The molecule has 0 aliphatic heterocycles. The summed E-state index contributed by atoms with van der Waals surface area (Å²) in [4.78, 5) is 22.5. The van der Waals surface area contributed by atoms with Crippen molar-refractivity contribution < 1.29 is 9.90 Å². The summed E-state index contributed by atoms with van der Waals surface area (Å²) in [5, 5.41) is 9.01. The first kappa shape index (κ1) is 11.5. The number of hydrogen-bond acceptors (Lipinski definition) is 2. The first-order valence-corrected chi connectivity index (χ1v) is 4.98. The average Bonchev–Trinajstić information content (AvgIpc) is 2.18. The van der Waals surface area contributed by atoms with E-state index in [0.29, 0.717) is 6.42 Å². The third kappa shape index (κ3) is 2.68. The van der Waals surface area contributed by atoms with Gasteiger partial charge in [-0.25, -0.2) is 4.79 Å². The normalized spacial score (nSPS) is 12.4. The average molecular weight is 209 g/mol. The fourth-order valence-corrected chi connectivity index (χ4v) is 1.51. The van der Waals surface area contributed by atoms with Crippen molar-refractivity contribution in [3.05, 3.63) is 34.2 Å². The van der Waals surface area contributed by atoms with Crippen molar-refractivity contribution in [2.75, 3.05) is 0 Å². The van der Waals surface area contributed by atoms with Gasteiger partial charge < -0.3 is 9.67 Å². The second-order valence-corrected chi connectivity index (χ2v) is 3.59. The van der Waals surface area contributed by atoms with Crippen LogP contribution in [0.25, 0.3) is 0 Å². The highest BCUT2D eigenvalue weighted by molar-refractivity contribution is 5.71. The molecule has 0 fully saturated rings. The van der Waals surface area contributed by atoms with Gasteiger partial charge in [0.1, 0.15) is 6.04 Å². The van der Waals surface area contributed by atoms with Gasteiger partial charge in [0.25, 0.3) is 5.56 Å². The van der Waals surface area contributed by atoms with Crippen LogP contribution in [-0.4, -0.2) is 15.6 Å². The Kier molecular flexibility index (Phi) is 3.66. The molecule has 1 N–H and O–H groups in total. The maximum Gasteiger partial charge on any atom is 0.326 e. The van der Waals surface area contributed by atoms with E-state index in [9.17, 15) is 9.59 Å². The SMILES string of the molecule is CCCC(C(=O)O)n1cc(C)ccc1=O. The number of aliphatic carboxylic acids is 1. The molecule has 0 aliphatic carbocycles. The predicted molar refractivity (Wildman–Crippen MR) is 57.0 cm³/mol. The summed E-state index contributed by atoms with van der Waals surface area (Å²) in [6.45, 7) is 3.73. The number of nitrogens with zero attached hydrogens (tertiary/aromatic N) is 1. The summed E-state index contributed by atoms with van der Waals surface area (Å²) >= 11 is 0. The van der Waals surface area contributed by atoms with Crippen molar-refractivity contribution in [2.45, 2.75) is 32.7 Å². The molecule has 4 heteroatoms. The smallest absolute Gasteiger partial charge is 0.326 e. The number of pyridine rings is 1. The molecule has 1 unspecified atom stereocenters. The summed E-state index contributed by atoms with van der Waals surface area (Å²) in [5.41, 5.74) is 0.624. The first-order chi connectivity index (χ1) is 7.06. The maximum atomic E-state index is 11.5. The minimum atomic E-state index is -0.954. The molecule has 1 heterocycles. The number of aryl methyl sites for hydroxylation is 1. The maximum absolute atomic E-state index is 11.5. The number of aromatic nitrogens is 1. The Morgan fingerprint density at radius 3 is 2.73 bits per heavy atom. The van der Waals surface area contributed by atoms with Gasteiger partial charge in [0.2, 0.25) is 0 Å². The van der Waals surface area contributed by atoms with E-state index in [0.717, 1.165) is 12.0 Å². The fraction of sp³-hybridized carbons (Fsp3) is 0.455. The van der Waals surface area contributed by atoms with E-state index in [2.05, 4.69) is 0 Å². The third-order valence-corrected chi connectivity index (χ3v) is 2.27. The van der Waals surface area contributed by atoms with Gasteiger partial charge >= 0.3 is 5.97 Å². The number of hydrogen-bond donors (Lipinski definition) is 1. The Hall–Kier alpha value is -1.58. The van der Waals surface area contributed by atoms with Crippen LogP contribution in [0.15, 0.2) is 23.1 Å². The Labute approximate surface area is 88.2 Å². The molecular weight excluding hydrogens is 194 g/mol. The fourth-order valence-electron chi connectivity index (χ4n) is 1.51. The topological polar surface area (TPSA) is 59.3 Å². The lowest BCUT2D eigenvalue weighted by Gasteiger charge is -2.14. The molecule has 1 atom stereocenters. The number of carbonyl (C=O) groups is 1. The zero-order valence-corrected chi connectivity index (χ0v) is 8.93. The zero-order valence-electron chi connectivity index (χ0n) is 8.93. The number of carboxylic acids is 1. The van der Waals surface area contributed by atoms with Crippen LogP contribution in [0.5, 0.6) is 0 Å². The van der Waals surface area contributed by atoms with Gasteiger partial charge in [0.15, 0.2) is 0 Å². The quantitative estimate of drug-likeness (QED) is 0.819. The van der Waals surface area contributed by atoms with Gasteiger partial charge in [-0.05, 0) is 18.9 Å². The molecule has 0 saturated heterocycles. The third-order valence-electron chi connectivity index (χ3n) is 2.27. The largest absolute Gasteiger partial charge is 0.480 e. The van der Waals surface area contributed by atoms with Gasteiger partial charge in [-0.2, -0.15) is 0 Å². The second-order valence-electron chi connectivity index (χ2n) is 3.59. The van der Waals surface area contributed by atoms with E-state index in [1.54, 1.807) is 12.3 Å². The van der Waals surface area contributed by atoms with Gasteiger partial charge in [-0.15, -0.1) is 0 Å². The molecule has 0 saturated carbocycles. The summed E-state index contributed by atoms with van der Waals surface area (Å²) in [6.07, 6.45) is 2.80.